The summed E-state index contributed by atoms with van der Waals surface area (Å²) < 4.78 is 12.6. The number of esters is 1. The van der Waals surface area contributed by atoms with Crippen LogP contribution in [0, 0.1) is 6.92 Å². The maximum absolute atomic E-state index is 11.8. The Morgan fingerprint density at radius 1 is 1.32 bits per heavy atom. The van der Waals surface area contributed by atoms with E-state index in [9.17, 15) is 9.59 Å². The maximum Gasteiger partial charge on any atom is 0.341 e. The van der Waals surface area contributed by atoms with E-state index < -0.39 is 0 Å². The van der Waals surface area contributed by atoms with Crippen molar-refractivity contribution in [2.24, 2.45) is 0 Å². The van der Waals surface area contributed by atoms with Crippen LogP contribution in [0.15, 0.2) is 30.6 Å². The fourth-order valence-electron chi connectivity index (χ4n) is 2.96. The summed E-state index contributed by atoms with van der Waals surface area (Å²) in [6.07, 6.45) is 6.03. The largest absolute Gasteiger partial charge is 0.490 e. The lowest BCUT2D eigenvalue weighted by Gasteiger charge is -2.22. The predicted octanol–water partition coefficient (Wildman–Crippen LogP) is 3.25. The standard InChI is InChI=1S/C19H22N2O4/c1-3-24-19(23)14-11-20-21(12-14)18-9-8-17(10-13(18)2)25-16-6-4-15(22)5-7-16/h8-12,16H,3-7H2,1-2H3. The highest BCUT2D eigenvalue weighted by Gasteiger charge is 2.20. The van der Waals surface area contributed by atoms with Crippen LogP contribution >= 0.6 is 0 Å². The minimum absolute atomic E-state index is 0.100. The first-order valence-corrected chi connectivity index (χ1v) is 8.58. The summed E-state index contributed by atoms with van der Waals surface area (Å²) in [5.74, 6) is 0.735. The van der Waals surface area contributed by atoms with Crippen LogP contribution in [0.4, 0.5) is 0 Å². The van der Waals surface area contributed by atoms with Crippen molar-refractivity contribution in [1.29, 1.82) is 0 Å². The van der Waals surface area contributed by atoms with Crippen molar-refractivity contribution in [2.75, 3.05) is 6.61 Å². The molecule has 1 aliphatic carbocycles. The molecule has 1 aromatic heterocycles. The third-order valence-corrected chi connectivity index (χ3v) is 4.30. The van der Waals surface area contributed by atoms with Gasteiger partial charge >= 0.3 is 5.97 Å². The van der Waals surface area contributed by atoms with Gasteiger partial charge in [-0.05, 0) is 50.5 Å². The van der Waals surface area contributed by atoms with E-state index >= 15 is 0 Å². The summed E-state index contributed by atoms with van der Waals surface area (Å²) in [5, 5.41) is 4.24. The van der Waals surface area contributed by atoms with Crippen molar-refractivity contribution < 1.29 is 19.1 Å². The summed E-state index contributed by atoms with van der Waals surface area (Å²) in [7, 11) is 0. The Hall–Kier alpha value is -2.63. The van der Waals surface area contributed by atoms with Crippen LogP contribution in [0.5, 0.6) is 5.75 Å². The molecule has 1 aliphatic rings. The van der Waals surface area contributed by atoms with Crippen LogP contribution in [0.2, 0.25) is 0 Å². The number of aromatic nitrogens is 2. The van der Waals surface area contributed by atoms with Crippen molar-refractivity contribution in [3.63, 3.8) is 0 Å². The zero-order valence-corrected chi connectivity index (χ0v) is 14.5. The molecule has 0 amide bonds. The molecule has 132 valence electrons. The molecule has 0 bridgehead atoms. The third-order valence-electron chi connectivity index (χ3n) is 4.30. The number of ether oxygens (including phenoxy) is 2. The molecule has 0 N–H and O–H groups in total. The molecule has 0 unspecified atom stereocenters. The first kappa shape index (κ1) is 17.2. The molecule has 1 aromatic carbocycles. The molecule has 1 heterocycles. The normalized spacial score (nSPS) is 15.2. The molecule has 0 saturated heterocycles. The van der Waals surface area contributed by atoms with Gasteiger partial charge in [-0.2, -0.15) is 5.10 Å². The van der Waals surface area contributed by atoms with Gasteiger partial charge in [0.25, 0.3) is 0 Å². The van der Waals surface area contributed by atoms with Gasteiger partial charge < -0.3 is 9.47 Å². The number of nitrogens with zero attached hydrogens (tertiary/aromatic N) is 2. The Balaban J connectivity index is 1.71. The molecule has 6 heteroatoms. The second-order valence-corrected chi connectivity index (χ2v) is 6.20. The van der Waals surface area contributed by atoms with Crippen LogP contribution in [0.1, 0.15) is 48.5 Å². The van der Waals surface area contributed by atoms with Crippen molar-refractivity contribution in [1.82, 2.24) is 9.78 Å². The SMILES string of the molecule is CCOC(=O)c1cnn(-c2ccc(OC3CCC(=O)CC3)cc2C)c1. The van der Waals surface area contributed by atoms with E-state index in [-0.39, 0.29) is 12.1 Å². The van der Waals surface area contributed by atoms with Crippen LogP contribution in [0.3, 0.4) is 0 Å². The average Bonchev–Trinajstić information content (AvgIpc) is 3.07. The summed E-state index contributed by atoms with van der Waals surface area (Å²) in [6, 6.07) is 5.77. The number of rotatable bonds is 5. The Morgan fingerprint density at radius 2 is 2.08 bits per heavy atom. The molecule has 0 spiro atoms. The van der Waals surface area contributed by atoms with E-state index in [0.717, 1.165) is 29.8 Å². The van der Waals surface area contributed by atoms with Gasteiger partial charge in [-0.25, -0.2) is 9.48 Å². The maximum atomic E-state index is 11.8. The number of ketones is 1. The van der Waals surface area contributed by atoms with Gasteiger partial charge in [-0.1, -0.05) is 0 Å². The van der Waals surface area contributed by atoms with Gasteiger partial charge in [0.05, 0.1) is 30.2 Å². The monoisotopic (exact) mass is 342 g/mol. The van der Waals surface area contributed by atoms with E-state index in [2.05, 4.69) is 5.10 Å². The smallest absolute Gasteiger partial charge is 0.341 e. The highest BCUT2D eigenvalue weighted by molar-refractivity contribution is 5.88. The topological polar surface area (TPSA) is 70.4 Å². The van der Waals surface area contributed by atoms with Gasteiger partial charge in [0.1, 0.15) is 11.5 Å². The van der Waals surface area contributed by atoms with Gasteiger partial charge in [-0.3, -0.25) is 4.79 Å². The molecule has 1 fully saturated rings. The molecule has 3 rings (SSSR count). The Kier molecular flexibility index (Phi) is 5.16. The summed E-state index contributed by atoms with van der Waals surface area (Å²) in [6.45, 7) is 4.08. The fraction of sp³-hybridized carbons (Fsp3) is 0.421. The molecule has 1 saturated carbocycles. The molecular formula is C19H22N2O4. The molecule has 25 heavy (non-hydrogen) atoms. The Labute approximate surface area is 146 Å². The van der Waals surface area contributed by atoms with Crippen LogP contribution in [-0.4, -0.2) is 34.2 Å². The quantitative estimate of drug-likeness (QED) is 0.780. The van der Waals surface area contributed by atoms with E-state index in [1.165, 1.54) is 6.20 Å². The van der Waals surface area contributed by atoms with Crippen LogP contribution < -0.4 is 4.74 Å². The molecule has 0 aliphatic heterocycles. The number of benzene rings is 1. The minimum atomic E-state index is -0.377. The van der Waals surface area contributed by atoms with Crippen LogP contribution in [-0.2, 0) is 9.53 Å². The lowest BCUT2D eigenvalue weighted by molar-refractivity contribution is -0.121. The van der Waals surface area contributed by atoms with Gasteiger partial charge in [-0.15, -0.1) is 0 Å². The van der Waals surface area contributed by atoms with Crippen molar-refractivity contribution in [2.45, 2.75) is 45.6 Å². The van der Waals surface area contributed by atoms with E-state index in [1.807, 2.05) is 25.1 Å². The minimum Gasteiger partial charge on any atom is -0.490 e. The predicted molar refractivity (Wildman–Crippen MR) is 92.1 cm³/mol. The zero-order chi connectivity index (χ0) is 17.8. The second-order valence-electron chi connectivity index (χ2n) is 6.20. The third kappa shape index (κ3) is 4.07. The Morgan fingerprint density at radius 3 is 2.76 bits per heavy atom. The van der Waals surface area contributed by atoms with Crippen molar-refractivity contribution in [3.8, 4) is 11.4 Å². The van der Waals surface area contributed by atoms with E-state index in [0.29, 0.717) is 30.8 Å². The number of hydrogen-bond acceptors (Lipinski definition) is 5. The molecule has 0 radical (unpaired) electrons. The van der Waals surface area contributed by atoms with Gasteiger partial charge in [0.2, 0.25) is 0 Å². The summed E-state index contributed by atoms with van der Waals surface area (Å²) in [4.78, 5) is 23.1. The molecular weight excluding hydrogens is 320 g/mol. The van der Waals surface area contributed by atoms with Crippen LogP contribution in [0.25, 0.3) is 5.69 Å². The first-order valence-electron chi connectivity index (χ1n) is 8.58. The Bertz CT molecular complexity index is 771. The number of Topliss-reactive ketones (excluding diaryl/α,β-unsaturated/α-hetero) is 1. The summed E-state index contributed by atoms with van der Waals surface area (Å²) >= 11 is 0. The molecule has 6 nitrogen and oxygen atoms in total. The lowest BCUT2D eigenvalue weighted by atomic mass is 9.96. The fourth-order valence-corrected chi connectivity index (χ4v) is 2.96. The highest BCUT2D eigenvalue weighted by Crippen LogP contribution is 2.25. The van der Waals surface area contributed by atoms with Crippen molar-refractivity contribution in [3.05, 3.63) is 41.7 Å². The first-order chi connectivity index (χ1) is 12.1. The number of carbonyl (C=O) groups is 2. The molecule has 2 aromatic rings. The van der Waals surface area contributed by atoms with Crippen molar-refractivity contribution >= 4 is 11.8 Å². The average molecular weight is 342 g/mol. The number of carbonyl (C=O) groups excluding carboxylic acids is 2. The number of aryl methyl sites for hydroxylation is 1. The molecule has 0 atom stereocenters. The highest BCUT2D eigenvalue weighted by atomic mass is 16.5. The second kappa shape index (κ2) is 7.51. The van der Waals surface area contributed by atoms with E-state index in [4.69, 9.17) is 9.47 Å². The lowest BCUT2D eigenvalue weighted by Crippen LogP contribution is -2.24. The zero-order valence-electron chi connectivity index (χ0n) is 14.5. The van der Waals surface area contributed by atoms with Gasteiger partial charge in [0.15, 0.2) is 0 Å². The van der Waals surface area contributed by atoms with Gasteiger partial charge in [0, 0.05) is 19.0 Å². The van der Waals surface area contributed by atoms with E-state index in [1.54, 1.807) is 17.8 Å². The summed E-state index contributed by atoms with van der Waals surface area (Å²) in [5.41, 5.74) is 2.29. The number of hydrogen-bond donors (Lipinski definition) is 0.